The Morgan fingerprint density at radius 1 is 1.21 bits per heavy atom. The highest BCUT2D eigenvalue weighted by Crippen LogP contribution is 2.26. The summed E-state index contributed by atoms with van der Waals surface area (Å²) in [5.41, 5.74) is 2.15. The summed E-state index contributed by atoms with van der Waals surface area (Å²) in [7, 11) is 3.08. The average molecular weight is 497 g/mol. The Morgan fingerprint density at radius 2 is 2.00 bits per heavy atom. The molecule has 0 aliphatic carbocycles. The number of allylic oxidation sites excluding steroid dienone is 4. The molecule has 1 unspecified atom stereocenters. The van der Waals surface area contributed by atoms with Gasteiger partial charge in [-0.2, -0.15) is 0 Å². The van der Waals surface area contributed by atoms with Gasteiger partial charge in [-0.3, -0.25) is 4.79 Å². The predicted octanol–water partition coefficient (Wildman–Crippen LogP) is 4.98. The summed E-state index contributed by atoms with van der Waals surface area (Å²) in [6, 6.07) is 8.02. The fourth-order valence-electron chi connectivity index (χ4n) is 2.68. The molecule has 1 aliphatic rings. The minimum Gasteiger partial charge on any atom is -0.497 e. The number of rotatable bonds is 11. The van der Waals surface area contributed by atoms with Crippen molar-refractivity contribution in [3.05, 3.63) is 59.8 Å². The molecule has 6 heteroatoms. The van der Waals surface area contributed by atoms with Crippen LogP contribution in [0.25, 0.3) is 6.08 Å². The van der Waals surface area contributed by atoms with Crippen LogP contribution in [0, 0.1) is 0 Å². The monoisotopic (exact) mass is 497 g/mol. The normalized spacial score (nSPS) is 18.6. The molecule has 1 heterocycles. The van der Waals surface area contributed by atoms with Gasteiger partial charge in [0.2, 0.25) is 3.73 Å². The first-order valence-electron chi connectivity index (χ1n) is 9.41. The van der Waals surface area contributed by atoms with Crippen LogP contribution in [-0.4, -0.2) is 30.5 Å². The number of nitrogens with one attached hydrogen (secondary N) is 1. The molecule has 1 aromatic carbocycles. The number of carbonyl (C=O) groups excluding carboxylic acids is 1. The van der Waals surface area contributed by atoms with Crippen molar-refractivity contribution in [1.82, 2.24) is 5.32 Å². The third-order valence-corrected chi connectivity index (χ3v) is 5.21. The number of hydrogen-bond acceptors (Lipinski definition) is 5. The molecule has 0 spiro atoms. The van der Waals surface area contributed by atoms with E-state index in [9.17, 15) is 4.79 Å². The Kier molecular flexibility index (Phi) is 9.57. The van der Waals surface area contributed by atoms with Gasteiger partial charge in [-0.05, 0) is 78.1 Å². The van der Waals surface area contributed by atoms with Crippen molar-refractivity contribution >= 4 is 34.6 Å². The molecule has 28 heavy (non-hydrogen) atoms. The van der Waals surface area contributed by atoms with Gasteiger partial charge in [-0.1, -0.05) is 30.4 Å². The summed E-state index contributed by atoms with van der Waals surface area (Å²) in [5, 5.41) is 3.35. The lowest BCUT2D eigenvalue weighted by Crippen LogP contribution is -2.41. The second kappa shape index (κ2) is 11.9. The van der Waals surface area contributed by atoms with Crippen LogP contribution in [0.5, 0.6) is 5.75 Å². The molecule has 1 N–H and O–H groups in total. The first kappa shape index (κ1) is 22.5. The summed E-state index contributed by atoms with van der Waals surface area (Å²) in [6.07, 6.45) is 14.3. The third kappa shape index (κ3) is 8.06. The molecule has 0 aromatic heterocycles. The number of benzene rings is 1. The number of esters is 1. The number of carbonyl (C=O) groups is 1. The Balaban J connectivity index is 1.63. The van der Waals surface area contributed by atoms with Crippen molar-refractivity contribution in [2.75, 3.05) is 20.8 Å². The van der Waals surface area contributed by atoms with Crippen LogP contribution in [0.1, 0.15) is 37.7 Å². The van der Waals surface area contributed by atoms with E-state index in [4.69, 9.17) is 9.47 Å². The maximum atomic E-state index is 11.3. The van der Waals surface area contributed by atoms with Crippen molar-refractivity contribution < 1.29 is 19.0 Å². The molecule has 2 rings (SSSR count). The molecular weight excluding hydrogens is 469 g/mol. The van der Waals surface area contributed by atoms with Gasteiger partial charge in [0.15, 0.2) is 0 Å². The molecular formula is C22H28INO4. The van der Waals surface area contributed by atoms with E-state index < -0.39 is 3.73 Å². The second-order valence-corrected chi connectivity index (χ2v) is 8.02. The fourth-order valence-corrected chi connectivity index (χ4v) is 3.45. The molecule has 1 aliphatic heterocycles. The van der Waals surface area contributed by atoms with Gasteiger partial charge < -0.3 is 19.5 Å². The number of halogens is 1. The van der Waals surface area contributed by atoms with E-state index in [1.807, 2.05) is 42.5 Å². The summed E-state index contributed by atoms with van der Waals surface area (Å²) < 4.78 is 15.3. The van der Waals surface area contributed by atoms with Gasteiger partial charge in [0.1, 0.15) is 5.75 Å². The number of unbranched alkanes of at least 4 members (excludes halogenated alkanes) is 2. The number of hydrogen-bond donors (Lipinski definition) is 1. The zero-order valence-corrected chi connectivity index (χ0v) is 18.6. The van der Waals surface area contributed by atoms with Crippen molar-refractivity contribution in [2.45, 2.75) is 35.8 Å². The molecule has 1 aromatic rings. The Labute approximate surface area is 181 Å². The standard InChI is InChI=1S/C22H28INO4/c1-26-20-13-10-18(11-14-20)8-5-3-4-6-17-28-22(23)16-7-9-19(24-22)12-15-21(25)27-2/h5,7-11,13-14,16,24H,3-4,6,12,15,17H2,1-2H3/b8-5+. The number of ether oxygens (including phenoxy) is 3. The zero-order valence-electron chi connectivity index (χ0n) is 16.4. The van der Waals surface area contributed by atoms with Crippen LogP contribution in [0.2, 0.25) is 0 Å². The molecule has 152 valence electrons. The van der Waals surface area contributed by atoms with E-state index in [1.165, 1.54) is 12.7 Å². The maximum absolute atomic E-state index is 11.3. The first-order chi connectivity index (χ1) is 13.5. The lowest BCUT2D eigenvalue weighted by atomic mass is 10.1. The van der Waals surface area contributed by atoms with Crippen LogP contribution < -0.4 is 10.1 Å². The molecule has 0 saturated carbocycles. The third-order valence-electron chi connectivity index (χ3n) is 4.27. The van der Waals surface area contributed by atoms with Gasteiger partial charge in [0, 0.05) is 5.70 Å². The van der Waals surface area contributed by atoms with E-state index in [1.54, 1.807) is 7.11 Å². The van der Waals surface area contributed by atoms with Crippen molar-refractivity contribution in [1.29, 1.82) is 0 Å². The smallest absolute Gasteiger partial charge is 0.305 e. The zero-order chi connectivity index (χ0) is 20.2. The van der Waals surface area contributed by atoms with Gasteiger partial charge in [0.05, 0.1) is 27.2 Å². The molecule has 0 amide bonds. The van der Waals surface area contributed by atoms with Crippen molar-refractivity contribution in [2.24, 2.45) is 0 Å². The average Bonchev–Trinajstić information content (AvgIpc) is 2.71. The highest BCUT2D eigenvalue weighted by Gasteiger charge is 2.26. The van der Waals surface area contributed by atoms with Gasteiger partial charge >= 0.3 is 5.97 Å². The topological polar surface area (TPSA) is 56.8 Å². The number of dihydropyridines is 1. The first-order valence-corrected chi connectivity index (χ1v) is 10.5. The van der Waals surface area contributed by atoms with E-state index in [0.29, 0.717) is 19.4 Å². The minimum absolute atomic E-state index is 0.208. The summed E-state index contributed by atoms with van der Waals surface area (Å²) in [6.45, 7) is 0.668. The quantitative estimate of drug-likeness (QED) is 0.154. The van der Waals surface area contributed by atoms with Gasteiger partial charge in [-0.15, -0.1) is 0 Å². The minimum atomic E-state index is -0.559. The molecule has 0 bridgehead atoms. The summed E-state index contributed by atoms with van der Waals surface area (Å²) >= 11 is 2.25. The fraction of sp³-hybridized carbons (Fsp3) is 0.409. The Bertz CT molecular complexity index is 712. The summed E-state index contributed by atoms with van der Waals surface area (Å²) in [4.78, 5) is 11.3. The maximum Gasteiger partial charge on any atom is 0.305 e. The molecule has 0 saturated heterocycles. The van der Waals surface area contributed by atoms with E-state index in [0.717, 1.165) is 30.7 Å². The molecule has 0 radical (unpaired) electrons. The molecule has 1 atom stereocenters. The van der Waals surface area contributed by atoms with Crippen molar-refractivity contribution in [3.8, 4) is 5.75 Å². The highest BCUT2D eigenvalue weighted by atomic mass is 127. The predicted molar refractivity (Wildman–Crippen MR) is 120 cm³/mol. The SMILES string of the molecule is COC(=O)CCC1=CC=CC(I)(OCCCC/C=C/c2ccc(OC)cc2)N1. The van der Waals surface area contributed by atoms with Gasteiger partial charge in [-0.25, -0.2) is 0 Å². The van der Waals surface area contributed by atoms with Crippen LogP contribution >= 0.6 is 22.6 Å². The van der Waals surface area contributed by atoms with Crippen molar-refractivity contribution in [3.63, 3.8) is 0 Å². The van der Waals surface area contributed by atoms with Crippen LogP contribution in [0.15, 0.2) is 54.3 Å². The molecule has 5 nitrogen and oxygen atoms in total. The van der Waals surface area contributed by atoms with Crippen LogP contribution in [-0.2, 0) is 14.3 Å². The Morgan fingerprint density at radius 3 is 2.71 bits per heavy atom. The largest absolute Gasteiger partial charge is 0.497 e. The lowest BCUT2D eigenvalue weighted by Gasteiger charge is -2.30. The van der Waals surface area contributed by atoms with Crippen LogP contribution in [0.4, 0.5) is 0 Å². The Hall–Kier alpha value is -1.80. The summed E-state index contributed by atoms with van der Waals surface area (Å²) in [5.74, 6) is 0.663. The second-order valence-electron chi connectivity index (χ2n) is 6.42. The highest BCUT2D eigenvalue weighted by molar-refractivity contribution is 14.1. The number of methoxy groups -OCH3 is 2. The van der Waals surface area contributed by atoms with E-state index >= 15 is 0 Å². The lowest BCUT2D eigenvalue weighted by molar-refractivity contribution is -0.140. The van der Waals surface area contributed by atoms with Crippen LogP contribution in [0.3, 0.4) is 0 Å². The van der Waals surface area contributed by atoms with E-state index in [-0.39, 0.29) is 5.97 Å². The molecule has 0 fully saturated rings. The van der Waals surface area contributed by atoms with Gasteiger partial charge in [0.25, 0.3) is 0 Å². The van der Waals surface area contributed by atoms with E-state index in [2.05, 4.69) is 44.8 Å². The number of alkyl halides is 1.